The van der Waals surface area contributed by atoms with E-state index in [1.165, 1.54) is 16.1 Å². The van der Waals surface area contributed by atoms with Crippen molar-refractivity contribution in [3.05, 3.63) is 54.6 Å². The molecule has 2 aromatic carbocycles. The van der Waals surface area contributed by atoms with Gasteiger partial charge in [0, 0.05) is 37.4 Å². The van der Waals surface area contributed by atoms with Crippen LogP contribution in [0.3, 0.4) is 0 Å². The van der Waals surface area contributed by atoms with Crippen molar-refractivity contribution in [1.82, 2.24) is 24.0 Å². The van der Waals surface area contributed by atoms with Crippen molar-refractivity contribution in [2.24, 2.45) is 0 Å². The average molecular weight is 516 g/mol. The first-order valence-corrected chi connectivity index (χ1v) is 14.0. The number of ether oxygens (including phenoxy) is 1. The third-order valence-electron chi connectivity index (χ3n) is 5.77. The van der Waals surface area contributed by atoms with Crippen LogP contribution in [-0.2, 0) is 19.6 Å². The first-order valence-electron chi connectivity index (χ1n) is 11.6. The molecule has 1 aliphatic rings. The Balaban J connectivity index is 1.68. The molecule has 11 heteroatoms. The number of morpholine rings is 1. The van der Waals surface area contributed by atoms with Gasteiger partial charge in [-0.1, -0.05) is 55.9 Å². The molecule has 9 nitrogen and oxygen atoms in total. The Morgan fingerprint density at radius 1 is 1.03 bits per heavy atom. The van der Waals surface area contributed by atoms with Gasteiger partial charge in [-0.25, -0.2) is 8.42 Å². The van der Waals surface area contributed by atoms with Crippen molar-refractivity contribution in [3.8, 4) is 17.1 Å². The minimum Gasteiger partial charge on any atom is -0.378 e. The number of rotatable bonds is 9. The summed E-state index contributed by atoms with van der Waals surface area (Å²) in [5.74, 6) is 0.755. The maximum atomic E-state index is 13.1. The molecular weight excluding hydrogens is 486 g/mol. The van der Waals surface area contributed by atoms with E-state index in [0.29, 0.717) is 55.9 Å². The van der Waals surface area contributed by atoms with Crippen LogP contribution in [0.1, 0.15) is 13.8 Å². The summed E-state index contributed by atoms with van der Waals surface area (Å²) in [4.78, 5) is 14.7. The fraction of sp³-hybridized carbons (Fsp3) is 0.375. The van der Waals surface area contributed by atoms with Gasteiger partial charge >= 0.3 is 0 Å². The first-order chi connectivity index (χ1) is 17.0. The van der Waals surface area contributed by atoms with E-state index >= 15 is 0 Å². The summed E-state index contributed by atoms with van der Waals surface area (Å²) in [5.41, 5.74) is 1.45. The Morgan fingerprint density at radius 2 is 1.74 bits per heavy atom. The smallest absolute Gasteiger partial charge is 0.243 e. The van der Waals surface area contributed by atoms with Crippen LogP contribution in [0.5, 0.6) is 0 Å². The van der Waals surface area contributed by atoms with E-state index in [9.17, 15) is 13.2 Å². The quantitative estimate of drug-likeness (QED) is 0.404. The molecule has 1 saturated heterocycles. The molecule has 35 heavy (non-hydrogen) atoms. The molecule has 1 fully saturated rings. The second-order valence-corrected chi connectivity index (χ2v) is 10.8. The number of para-hydroxylation sites is 1. The van der Waals surface area contributed by atoms with Gasteiger partial charge in [0.15, 0.2) is 11.0 Å². The molecule has 0 radical (unpaired) electrons. The highest BCUT2D eigenvalue weighted by Crippen LogP contribution is 2.30. The van der Waals surface area contributed by atoms with Crippen molar-refractivity contribution < 1.29 is 17.9 Å². The maximum absolute atomic E-state index is 13.1. The zero-order valence-electron chi connectivity index (χ0n) is 19.8. The molecule has 0 unspecified atom stereocenters. The van der Waals surface area contributed by atoms with Gasteiger partial charge in [-0.05, 0) is 24.3 Å². The number of amides is 1. The Bertz CT molecular complexity index is 1250. The summed E-state index contributed by atoms with van der Waals surface area (Å²) in [5, 5.41) is 9.33. The van der Waals surface area contributed by atoms with Crippen LogP contribution in [0.25, 0.3) is 17.1 Å². The van der Waals surface area contributed by atoms with E-state index < -0.39 is 10.0 Å². The molecule has 0 spiro atoms. The summed E-state index contributed by atoms with van der Waals surface area (Å²) >= 11 is 1.31. The van der Waals surface area contributed by atoms with Crippen LogP contribution < -0.4 is 0 Å². The molecule has 1 aliphatic heterocycles. The predicted molar refractivity (Wildman–Crippen MR) is 135 cm³/mol. The number of aromatic nitrogens is 3. The van der Waals surface area contributed by atoms with Gasteiger partial charge in [-0.2, -0.15) is 4.31 Å². The monoisotopic (exact) mass is 515 g/mol. The van der Waals surface area contributed by atoms with E-state index in [2.05, 4.69) is 10.2 Å². The lowest BCUT2D eigenvalue weighted by Crippen LogP contribution is -2.41. The summed E-state index contributed by atoms with van der Waals surface area (Å²) in [7, 11) is -3.63. The molecule has 4 rings (SSSR count). The standard InChI is InChI=1S/C24H29N5O4S2/c1-3-28(4-2)35(31,32)21-12-8-9-19(17-21)23-25-26-24(29(23)20-10-6-5-7-11-20)34-18-22(30)27-13-15-33-16-14-27/h5-12,17H,3-4,13-16,18H2,1-2H3. The minimum absolute atomic E-state index is 0.0229. The molecule has 1 aromatic heterocycles. The Hall–Kier alpha value is -2.73. The highest BCUT2D eigenvalue weighted by molar-refractivity contribution is 7.99. The van der Waals surface area contributed by atoms with Crippen LogP contribution in [0.2, 0.25) is 0 Å². The molecule has 0 N–H and O–H groups in total. The lowest BCUT2D eigenvalue weighted by atomic mass is 10.2. The molecule has 0 atom stereocenters. The fourth-order valence-electron chi connectivity index (χ4n) is 3.90. The maximum Gasteiger partial charge on any atom is 0.243 e. The van der Waals surface area contributed by atoms with Crippen molar-refractivity contribution in [1.29, 1.82) is 0 Å². The van der Waals surface area contributed by atoms with Crippen molar-refractivity contribution in [3.63, 3.8) is 0 Å². The zero-order valence-corrected chi connectivity index (χ0v) is 21.5. The van der Waals surface area contributed by atoms with Crippen LogP contribution in [-0.4, -0.2) is 83.4 Å². The summed E-state index contributed by atoms with van der Waals surface area (Å²) in [6.07, 6.45) is 0. The summed E-state index contributed by atoms with van der Waals surface area (Å²) in [6.45, 7) is 6.69. The largest absolute Gasteiger partial charge is 0.378 e. The number of thioether (sulfide) groups is 1. The number of nitrogens with zero attached hydrogens (tertiary/aromatic N) is 5. The Labute approximate surface area is 210 Å². The third-order valence-corrected chi connectivity index (χ3v) is 8.73. The molecule has 0 saturated carbocycles. The van der Waals surface area contributed by atoms with Crippen LogP contribution >= 0.6 is 11.8 Å². The number of hydrogen-bond acceptors (Lipinski definition) is 7. The molecule has 1 amide bonds. The number of carbonyl (C=O) groups is 1. The Kier molecular flexibility index (Phi) is 8.22. The van der Waals surface area contributed by atoms with Crippen molar-refractivity contribution >= 4 is 27.7 Å². The Morgan fingerprint density at radius 3 is 2.43 bits per heavy atom. The summed E-state index contributed by atoms with van der Waals surface area (Å²) < 4.78 is 34.8. The second-order valence-electron chi connectivity index (χ2n) is 7.88. The number of benzene rings is 2. The van der Waals surface area contributed by atoms with Gasteiger partial charge in [-0.3, -0.25) is 9.36 Å². The molecule has 3 aromatic rings. The van der Waals surface area contributed by atoms with Crippen LogP contribution in [0.4, 0.5) is 0 Å². The van der Waals surface area contributed by atoms with Gasteiger partial charge < -0.3 is 9.64 Å². The lowest BCUT2D eigenvalue weighted by Gasteiger charge is -2.26. The van der Waals surface area contributed by atoms with E-state index in [0.717, 1.165) is 5.69 Å². The van der Waals surface area contributed by atoms with E-state index in [1.807, 2.05) is 54.8 Å². The normalized spacial score (nSPS) is 14.4. The van der Waals surface area contributed by atoms with Crippen molar-refractivity contribution in [2.75, 3.05) is 45.1 Å². The number of sulfonamides is 1. The second kappa shape index (κ2) is 11.3. The van der Waals surface area contributed by atoms with Gasteiger partial charge in [0.1, 0.15) is 0 Å². The molecular formula is C24H29N5O4S2. The molecule has 186 valence electrons. The topological polar surface area (TPSA) is 97.6 Å². The van der Waals surface area contributed by atoms with Gasteiger partial charge in [0.05, 0.1) is 23.9 Å². The van der Waals surface area contributed by atoms with Gasteiger partial charge in [-0.15, -0.1) is 10.2 Å². The number of carbonyl (C=O) groups excluding carboxylic acids is 1. The molecule has 0 aliphatic carbocycles. The van der Waals surface area contributed by atoms with E-state index in [4.69, 9.17) is 4.74 Å². The third kappa shape index (κ3) is 5.58. The van der Waals surface area contributed by atoms with E-state index in [1.54, 1.807) is 23.1 Å². The summed E-state index contributed by atoms with van der Waals surface area (Å²) in [6, 6.07) is 16.3. The zero-order chi connectivity index (χ0) is 24.8. The number of hydrogen-bond donors (Lipinski definition) is 0. The van der Waals surface area contributed by atoms with E-state index in [-0.39, 0.29) is 16.6 Å². The van der Waals surface area contributed by atoms with Crippen LogP contribution in [0.15, 0.2) is 64.6 Å². The SMILES string of the molecule is CCN(CC)S(=O)(=O)c1cccc(-c2nnc(SCC(=O)N3CCOCC3)n2-c2ccccc2)c1. The highest BCUT2D eigenvalue weighted by atomic mass is 32.2. The predicted octanol–water partition coefficient (Wildman–Crippen LogP) is 2.92. The van der Waals surface area contributed by atoms with Crippen molar-refractivity contribution in [2.45, 2.75) is 23.9 Å². The lowest BCUT2D eigenvalue weighted by molar-refractivity contribution is -0.132. The van der Waals surface area contributed by atoms with Gasteiger partial charge in [0.25, 0.3) is 0 Å². The van der Waals surface area contributed by atoms with Crippen LogP contribution in [0, 0.1) is 0 Å². The van der Waals surface area contributed by atoms with Gasteiger partial charge in [0.2, 0.25) is 15.9 Å². The molecule has 0 bridgehead atoms. The first kappa shape index (κ1) is 25.4. The molecule has 2 heterocycles. The minimum atomic E-state index is -3.63. The fourth-order valence-corrected chi connectivity index (χ4v) is 6.26. The highest BCUT2D eigenvalue weighted by Gasteiger charge is 2.24. The average Bonchev–Trinajstić information content (AvgIpc) is 3.33.